The van der Waals surface area contributed by atoms with E-state index in [1.807, 2.05) is 27.7 Å². The third-order valence-electron chi connectivity index (χ3n) is 3.13. The molecule has 4 atom stereocenters. The molecule has 0 aromatic carbocycles. The molecule has 1 unspecified atom stereocenters. The molecule has 0 amide bonds. The summed E-state index contributed by atoms with van der Waals surface area (Å²) in [6.45, 7) is 10.9. The molecule has 0 aromatic heterocycles. The summed E-state index contributed by atoms with van der Waals surface area (Å²) in [7, 11) is 0. The van der Waals surface area contributed by atoms with Gasteiger partial charge in [-0.2, -0.15) is 0 Å². The lowest BCUT2D eigenvalue weighted by atomic mass is 10.1. The number of hydrogen-bond acceptors (Lipinski definition) is 3. The van der Waals surface area contributed by atoms with Gasteiger partial charge in [0.25, 0.3) is 0 Å². The molecule has 0 aliphatic heterocycles. The molecule has 1 fully saturated rings. The fourth-order valence-electron chi connectivity index (χ4n) is 2.34. The normalized spacial score (nSPS) is 35.2. The Balaban J connectivity index is 2.52. The van der Waals surface area contributed by atoms with Crippen molar-refractivity contribution in [1.29, 1.82) is 0 Å². The van der Waals surface area contributed by atoms with Crippen LogP contribution >= 0.6 is 0 Å². The van der Waals surface area contributed by atoms with Crippen LogP contribution in [0, 0.1) is 11.8 Å². The standard InChI is InChI=1S/C13H26O3/c1-8(2)15-7-11-6-10(5)12(14)13(11)16-9(3)4/h8-14H,6-7H2,1-5H3/t10-,11-,12-,13?/m1/s1. The second kappa shape index (κ2) is 5.99. The summed E-state index contributed by atoms with van der Waals surface area (Å²) in [5, 5.41) is 10.1. The third kappa shape index (κ3) is 3.72. The number of rotatable bonds is 5. The summed E-state index contributed by atoms with van der Waals surface area (Å²) >= 11 is 0. The maximum atomic E-state index is 10.1. The van der Waals surface area contributed by atoms with Crippen LogP contribution in [0.15, 0.2) is 0 Å². The molecule has 1 saturated carbocycles. The number of aliphatic hydroxyl groups is 1. The van der Waals surface area contributed by atoms with E-state index in [9.17, 15) is 5.11 Å². The van der Waals surface area contributed by atoms with Crippen LogP contribution in [-0.2, 0) is 9.47 Å². The highest BCUT2D eigenvalue weighted by molar-refractivity contribution is 4.90. The van der Waals surface area contributed by atoms with Crippen molar-refractivity contribution in [2.24, 2.45) is 11.8 Å². The first-order valence-corrected chi connectivity index (χ1v) is 6.37. The average molecular weight is 230 g/mol. The van der Waals surface area contributed by atoms with Crippen LogP contribution < -0.4 is 0 Å². The summed E-state index contributed by atoms with van der Waals surface area (Å²) in [4.78, 5) is 0. The van der Waals surface area contributed by atoms with Crippen molar-refractivity contribution in [2.45, 2.75) is 65.5 Å². The Morgan fingerprint density at radius 1 is 1.19 bits per heavy atom. The molecular weight excluding hydrogens is 204 g/mol. The quantitative estimate of drug-likeness (QED) is 0.787. The van der Waals surface area contributed by atoms with E-state index in [1.165, 1.54) is 0 Å². The Kier molecular flexibility index (Phi) is 5.22. The van der Waals surface area contributed by atoms with E-state index in [-0.39, 0.29) is 24.4 Å². The minimum atomic E-state index is -0.344. The molecule has 16 heavy (non-hydrogen) atoms. The zero-order valence-corrected chi connectivity index (χ0v) is 11.1. The van der Waals surface area contributed by atoms with Crippen molar-refractivity contribution in [3.63, 3.8) is 0 Å². The lowest BCUT2D eigenvalue weighted by molar-refractivity contribution is -0.0902. The van der Waals surface area contributed by atoms with Crippen molar-refractivity contribution in [2.75, 3.05) is 6.61 Å². The molecule has 1 aliphatic carbocycles. The maximum Gasteiger partial charge on any atom is 0.0890 e. The summed E-state index contributed by atoms with van der Waals surface area (Å²) in [5.41, 5.74) is 0. The molecular formula is C13H26O3. The lowest BCUT2D eigenvalue weighted by Gasteiger charge is -2.25. The average Bonchev–Trinajstić information content (AvgIpc) is 2.42. The predicted octanol–water partition coefficient (Wildman–Crippen LogP) is 2.22. The van der Waals surface area contributed by atoms with Gasteiger partial charge in [-0.05, 0) is 40.0 Å². The third-order valence-corrected chi connectivity index (χ3v) is 3.13. The van der Waals surface area contributed by atoms with Gasteiger partial charge in [0, 0.05) is 5.92 Å². The van der Waals surface area contributed by atoms with Crippen molar-refractivity contribution in [3.8, 4) is 0 Å². The van der Waals surface area contributed by atoms with Gasteiger partial charge in [0.05, 0.1) is 31.0 Å². The predicted molar refractivity (Wildman–Crippen MR) is 64.4 cm³/mol. The Labute approximate surface area is 99.1 Å². The van der Waals surface area contributed by atoms with E-state index in [0.717, 1.165) is 6.42 Å². The van der Waals surface area contributed by atoms with Crippen LogP contribution in [-0.4, -0.2) is 36.1 Å². The maximum absolute atomic E-state index is 10.1. The highest BCUT2D eigenvalue weighted by Gasteiger charge is 2.41. The molecule has 96 valence electrons. The van der Waals surface area contributed by atoms with E-state index in [2.05, 4.69) is 6.92 Å². The summed E-state index contributed by atoms with van der Waals surface area (Å²) in [6.07, 6.45) is 0.988. The number of aliphatic hydroxyl groups excluding tert-OH is 1. The highest BCUT2D eigenvalue weighted by Crippen LogP contribution is 2.34. The largest absolute Gasteiger partial charge is 0.390 e. The zero-order valence-electron chi connectivity index (χ0n) is 11.1. The van der Waals surface area contributed by atoms with Crippen LogP contribution in [0.25, 0.3) is 0 Å². The lowest BCUT2D eigenvalue weighted by Crippen LogP contribution is -2.35. The second-order valence-corrected chi connectivity index (χ2v) is 5.50. The molecule has 1 aliphatic rings. The van der Waals surface area contributed by atoms with Gasteiger partial charge in [0.2, 0.25) is 0 Å². The molecule has 0 saturated heterocycles. The van der Waals surface area contributed by atoms with Crippen molar-refractivity contribution < 1.29 is 14.6 Å². The minimum Gasteiger partial charge on any atom is -0.390 e. The van der Waals surface area contributed by atoms with E-state index >= 15 is 0 Å². The first-order valence-electron chi connectivity index (χ1n) is 6.37. The van der Waals surface area contributed by atoms with Gasteiger partial charge in [-0.3, -0.25) is 0 Å². The first-order chi connectivity index (χ1) is 7.41. The van der Waals surface area contributed by atoms with Crippen LogP contribution in [0.3, 0.4) is 0 Å². The smallest absolute Gasteiger partial charge is 0.0890 e. The SMILES string of the molecule is CC(C)OC[C@H]1C[C@@H](C)[C@@H](O)C1OC(C)C. The van der Waals surface area contributed by atoms with E-state index in [0.29, 0.717) is 18.4 Å². The van der Waals surface area contributed by atoms with Gasteiger partial charge >= 0.3 is 0 Å². The van der Waals surface area contributed by atoms with Gasteiger partial charge in [0.1, 0.15) is 0 Å². The molecule has 0 aromatic rings. The van der Waals surface area contributed by atoms with Crippen LogP contribution in [0.2, 0.25) is 0 Å². The Hall–Kier alpha value is -0.120. The molecule has 3 nitrogen and oxygen atoms in total. The van der Waals surface area contributed by atoms with Crippen molar-refractivity contribution in [3.05, 3.63) is 0 Å². The van der Waals surface area contributed by atoms with Gasteiger partial charge in [-0.15, -0.1) is 0 Å². The van der Waals surface area contributed by atoms with Gasteiger partial charge in [-0.1, -0.05) is 6.92 Å². The molecule has 0 bridgehead atoms. The van der Waals surface area contributed by atoms with Crippen molar-refractivity contribution >= 4 is 0 Å². The fraction of sp³-hybridized carbons (Fsp3) is 1.00. The molecule has 1 N–H and O–H groups in total. The first kappa shape index (κ1) is 13.9. The highest BCUT2D eigenvalue weighted by atomic mass is 16.5. The monoisotopic (exact) mass is 230 g/mol. The Morgan fingerprint density at radius 3 is 2.31 bits per heavy atom. The Morgan fingerprint density at radius 2 is 1.81 bits per heavy atom. The summed E-state index contributed by atoms with van der Waals surface area (Å²) < 4.78 is 11.5. The Bertz CT molecular complexity index is 203. The summed E-state index contributed by atoms with van der Waals surface area (Å²) in [5.74, 6) is 0.638. The second-order valence-electron chi connectivity index (χ2n) is 5.50. The number of hydrogen-bond donors (Lipinski definition) is 1. The minimum absolute atomic E-state index is 0.0613. The molecule has 3 heteroatoms. The van der Waals surface area contributed by atoms with Crippen LogP contribution in [0.5, 0.6) is 0 Å². The zero-order chi connectivity index (χ0) is 12.3. The van der Waals surface area contributed by atoms with Gasteiger partial charge in [0.15, 0.2) is 0 Å². The number of ether oxygens (including phenoxy) is 2. The molecule has 0 spiro atoms. The summed E-state index contributed by atoms with van der Waals surface area (Å²) in [6, 6.07) is 0. The molecule has 0 heterocycles. The van der Waals surface area contributed by atoms with Crippen molar-refractivity contribution in [1.82, 2.24) is 0 Å². The topological polar surface area (TPSA) is 38.7 Å². The van der Waals surface area contributed by atoms with Gasteiger partial charge < -0.3 is 14.6 Å². The van der Waals surface area contributed by atoms with Crippen LogP contribution in [0.1, 0.15) is 41.0 Å². The van der Waals surface area contributed by atoms with E-state index in [1.54, 1.807) is 0 Å². The van der Waals surface area contributed by atoms with Gasteiger partial charge in [-0.25, -0.2) is 0 Å². The van der Waals surface area contributed by atoms with E-state index < -0.39 is 0 Å². The van der Waals surface area contributed by atoms with Crippen LogP contribution in [0.4, 0.5) is 0 Å². The molecule has 1 rings (SSSR count). The fourth-order valence-corrected chi connectivity index (χ4v) is 2.34. The molecule has 0 radical (unpaired) electrons. The van der Waals surface area contributed by atoms with E-state index in [4.69, 9.17) is 9.47 Å².